The lowest BCUT2D eigenvalue weighted by molar-refractivity contribution is -0.181. The summed E-state index contributed by atoms with van der Waals surface area (Å²) in [6.07, 6.45) is 1.82. The number of rotatable bonds is 9. The SMILES string of the molecule is CCC(CC)(C(=O)O)C(CC)(CC)C(=O)OCC(C)C. The quantitative estimate of drug-likeness (QED) is 0.653. The molecule has 4 heteroatoms. The van der Waals surface area contributed by atoms with Gasteiger partial charge in [0.05, 0.1) is 17.4 Å². The highest BCUT2D eigenvalue weighted by atomic mass is 16.5. The summed E-state index contributed by atoms with van der Waals surface area (Å²) in [6, 6.07) is 0. The second kappa shape index (κ2) is 7.65. The molecule has 0 bridgehead atoms. The van der Waals surface area contributed by atoms with Crippen LogP contribution in [0.4, 0.5) is 0 Å². The first-order chi connectivity index (χ1) is 9.27. The molecule has 20 heavy (non-hydrogen) atoms. The molecule has 0 radical (unpaired) electrons. The van der Waals surface area contributed by atoms with Gasteiger partial charge in [-0.25, -0.2) is 0 Å². The summed E-state index contributed by atoms with van der Waals surface area (Å²) in [4.78, 5) is 24.5. The molecule has 4 nitrogen and oxygen atoms in total. The van der Waals surface area contributed by atoms with Crippen LogP contribution in [0.3, 0.4) is 0 Å². The maximum atomic E-state index is 12.6. The van der Waals surface area contributed by atoms with Gasteiger partial charge in [-0.2, -0.15) is 0 Å². The Hall–Kier alpha value is -1.06. The highest BCUT2D eigenvalue weighted by Crippen LogP contribution is 2.51. The van der Waals surface area contributed by atoms with Crippen molar-refractivity contribution in [2.45, 2.75) is 67.2 Å². The van der Waals surface area contributed by atoms with E-state index in [-0.39, 0.29) is 11.9 Å². The van der Waals surface area contributed by atoms with Crippen LogP contribution < -0.4 is 0 Å². The van der Waals surface area contributed by atoms with E-state index in [0.717, 1.165) is 0 Å². The Bertz CT molecular complexity index is 325. The number of aliphatic carboxylic acids is 1. The first kappa shape index (κ1) is 18.9. The van der Waals surface area contributed by atoms with Crippen molar-refractivity contribution in [2.24, 2.45) is 16.7 Å². The fourth-order valence-electron chi connectivity index (χ4n) is 3.23. The Balaban J connectivity index is 5.67. The van der Waals surface area contributed by atoms with Gasteiger partial charge in [-0.15, -0.1) is 0 Å². The Morgan fingerprint density at radius 1 is 0.950 bits per heavy atom. The van der Waals surface area contributed by atoms with E-state index >= 15 is 0 Å². The molecule has 0 amide bonds. The highest BCUT2D eigenvalue weighted by molar-refractivity contribution is 5.87. The molecular formula is C16H30O4. The fraction of sp³-hybridized carbons (Fsp3) is 0.875. The van der Waals surface area contributed by atoms with E-state index in [1.807, 2.05) is 41.5 Å². The summed E-state index contributed by atoms with van der Waals surface area (Å²) in [5, 5.41) is 9.74. The minimum atomic E-state index is -1.05. The van der Waals surface area contributed by atoms with E-state index in [9.17, 15) is 14.7 Å². The molecule has 0 aromatic rings. The van der Waals surface area contributed by atoms with Crippen molar-refractivity contribution in [1.29, 1.82) is 0 Å². The molecule has 0 saturated carbocycles. The first-order valence-corrected chi connectivity index (χ1v) is 7.68. The van der Waals surface area contributed by atoms with Crippen LogP contribution in [-0.4, -0.2) is 23.7 Å². The average Bonchev–Trinajstić information content (AvgIpc) is 2.42. The van der Waals surface area contributed by atoms with Gasteiger partial charge in [-0.3, -0.25) is 9.59 Å². The second-order valence-electron chi connectivity index (χ2n) is 5.88. The van der Waals surface area contributed by atoms with E-state index in [2.05, 4.69) is 0 Å². The van der Waals surface area contributed by atoms with E-state index in [0.29, 0.717) is 32.3 Å². The van der Waals surface area contributed by atoms with Crippen LogP contribution in [0.5, 0.6) is 0 Å². The summed E-state index contributed by atoms with van der Waals surface area (Å²) in [5.74, 6) is -1.01. The van der Waals surface area contributed by atoms with Crippen LogP contribution in [0.25, 0.3) is 0 Å². The average molecular weight is 286 g/mol. The topological polar surface area (TPSA) is 63.6 Å². The Morgan fingerprint density at radius 3 is 1.60 bits per heavy atom. The van der Waals surface area contributed by atoms with Gasteiger partial charge in [-0.1, -0.05) is 41.5 Å². The molecule has 118 valence electrons. The molecule has 0 unspecified atom stereocenters. The van der Waals surface area contributed by atoms with E-state index < -0.39 is 16.8 Å². The third-order valence-corrected chi connectivity index (χ3v) is 4.68. The van der Waals surface area contributed by atoms with Crippen LogP contribution in [0.1, 0.15) is 67.2 Å². The van der Waals surface area contributed by atoms with Crippen molar-refractivity contribution in [3.63, 3.8) is 0 Å². The third-order valence-electron chi connectivity index (χ3n) is 4.68. The lowest BCUT2D eigenvalue weighted by Crippen LogP contribution is -2.52. The largest absolute Gasteiger partial charge is 0.481 e. The minimum Gasteiger partial charge on any atom is -0.481 e. The normalized spacial score (nSPS) is 12.6. The number of carbonyl (C=O) groups is 2. The van der Waals surface area contributed by atoms with E-state index in [1.165, 1.54) is 0 Å². The predicted molar refractivity (Wildman–Crippen MR) is 79.5 cm³/mol. The van der Waals surface area contributed by atoms with Gasteiger partial charge in [0.25, 0.3) is 0 Å². The number of esters is 1. The second-order valence-corrected chi connectivity index (χ2v) is 5.88. The van der Waals surface area contributed by atoms with Crippen LogP contribution in [0.15, 0.2) is 0 Å². The molecular weight excluding hydrogens is 256 g/mol. The number of carboxylic acid groups (broad SMARTS) is 1. The zero-order chi connectivity index (χ0) is 16.0. The van der Waals surface area contributed by atoms with Crippen molar-refractivity contribution in [2.75, 3.05) is 6.61 Å². The first-order valence-electron chi connectivity index (χ1n) is 7.68. The van der Waals surface area contributed by atoms with E-state index in [1.54, 1.807) is 0 Å². The number of ether oxygens (including phenoxy) is 1. The molecule has 0 aliphatic carbocycles. The van der Waals surface area contributed by atoms with Crippen molar-refractivity contribution < 1.29 is 19.4 Å². The maximum absolute atomic E-state index is 12.6. The fourth-order valence-corrected chi connectivity index (χ4v) is 3.23. The molecule has 0 aliphatic heterocycles. The van der Waals surface area contributed by atoms with Gasteiger partial charge in [0, 0.05) is 0 Å². The van der Waals surface area contributed by atoms with Crippen LogP contribution in [-0.2, 0) is 14.3 Å². The van der Waals surface area contributed by atoms with Gasteiger partial charge in [0.2, 0.25) is 0 Å². The lowest BCUT2D eigenvalue weighted by atomic mass is 9.57. The lowest BCUT2D eigenvalue weighted by Gasteiger charge is -2.44. The summed E-state index contributed by atoms with van der Waals surface area (Å²) in [7, 11) is 0. The molecule has 1 N–H and O–H groups in total. The summed E-state index contributed by atoms with van der Waals surface area (Å²) >= 11 is 0. The number of hydrogen-bond donors (Lipinski definition) is 1. The molecule has 0 aromatic carbocycles. The monoisotopic (exact) mass is 286 g/mol. The van der Waals surface area contributed by atoms with Gasteiger partial charge in [0.15, 0.2) is 0 Å². The Labute approximate surface area is 122 Å². The number of carbonyl (C=O) groups excluding carboxylic acids is 1. The molecule has 0 heterocycles. The smallest absolute Gasteiger partial charge is 0.313 e. The maximum Gasteiger partial charge on any atom is 0.313 e. The zero-order valence-electron chi connectivity index (χ0n) is 13.8. The third kappa shape index (κ3) is 3.15. The number of hydrogen-bond acceptors (Lipinski definition) is 3. The van der Waals surface area contributed by atoms with Gasteiger partial charge in [0.1, 0.15) is 0 Å². The van der Waals surface area contributed by atoms with Crippen molar-refractivity contribution in [3.8, 4) is 0 Å². The molecule has 0 aliphatic rings. The van der Waals surface area contributed by atoms with Crippen molar-refractivity contribution >= 4 is 11.9 Å². The molecule has 0 aromatic heterocycles. The molecule has 0 rings (SSSR count). The Kier molecular flexibility index (Phi) is 7.25. The summed E-state index contributed by atoms with van der Waals surface area (Å²) < 4.78 is 5.41. The summed E-state index contributed by atoms with van der Waals surface area (Å²) in [6.45, 7) is 11.7. The molecule has 0 fully saturated rings. The van der Waals surface area contributed by atoms with Gasteiger partial charge in [-0.05, 0) is 31.6 Å². The van der Waals surface area contributed by atoms with Gasteiger partial charge >= 0.3 is 11.9 Å². The van der Waals surface area contributed by atoms with Gasteiger partial charge < -0.3 is 9.84 Å². The molecule has 0 spiro atoms. The predicted octanol–water partition coefficient (Wildman–Crippen LogP) is 3.88. The zero-order valence-corrected chi connectivity index (χ0v) is 13.8. The van der Waals surface area contributed by atoms with Crippen LogP contribution in [0, 0.1) is 16.7 Å². The van der Waals surface area contributed by atoms with Crippen LogP contribution in [0.2, 0.25) is 0 Å². The Morgan fingerprint density at radius 2 is 1.35 bits per heavy atom. The van der Waals surface area contributed by atoms with Crippen LogP contribution >= 0.6 is 0 Å². The number of carboxylic acids is 1. The summed E-state index contributed by atoms with van der Waals surface area (Å²) in [5.41, 5.74) is -2.00. The molecule has 0 atom stereocenters. The van der Waals surface area contributed by atoms with Crippen molar-refractivity contribution in [1.82, 2.24) is 0 Å². The molecule has 0 saturated heterocycles. The van der Waals surface area contributed by atoms with Crippen molar-refractivity contribution in [3.05, 3.63) is 0 Å². The minimum absolute atomic E-state index is 0.243. The standard InChI is InChI=1S/C16H30O4/c1-7-15(8-2,13(17)18)16(9-3,10-4)14(19)20-11-12(5)6/h12H,7-11H2,1-6H3,(H,17,18). The highest BCUT2D eigenvalue weighted by Gasteiger charge is 2.57. The van der Waals surface area contributed by atoms with E-state index in [4.69, 9.17) is 4.74 Å².